The Morgan fingerprint density at radius 1 is 1.03 bits per heavy atom. The summed E-state index contributed by atoms with van der Waals surface area (Å²) in [7, 11) is -1.92. The van der Waals surface area contributed by atoms with Gasteiger partial charge < -0.3 is 9.64 Å². The summed E-state index contributed by atoms with van der Waals surface area (Å²) in [6.45, 7) is 1.16. The molecule has 1 aliphatic rings. The SMILES string of the molecule is COc1ccc(N(Cc2cccs2)C(=O)C2CCN(S(=O)(=O)c3ccccc3)CC2)cc1. The number of piperidine rings is 1. The lowest BCUT2D eigenvalue weighted by molar-refractivity contribution is -0.123. The van der Waals surface area contributed by atoms with Crippen LogP contribution in [0.5, 0.6) is 5.75 Å². The molecule has 1 fully saturated rings. The van der Waals surface area contributed by atoms with Crippen molar-refractivity contribution in [2.75, 3.05) is 25.1 Å². The van der Waals surface area contributed by atoms with Gasteiger partial charge in [-0.15, -0.1) is 11.3 Å². The molecule has 3 aromatic rings. The first-order valence-corrected chi connectivity index (χ1v) is 12.8. The molecule has 0 spiro atoms. The second kappa shape index (κ2) is 9.85. The van der Waals surface area contributed by atoms with Crippen LogP contribution in [0.2, 0.25) is 0 Å². The maximum atomic E-state index is 13.5. The molecule has 4 rings (SSSR count). The van der Waals surface area contributed by atoms with E-state index in [0.717, 1.165) is 16.3 Å². The molecule has 0 atom stereocenters. The predicted octanol–water partition coefficient (Wildman–Crippen LogP) is 4.39. The normalized spacial score (nSPS) is 15.4. The van der Waals surface area contributed by atoms with Crippen molar-refractivity contribution < 1.29 is 17.9 Å². The molecule has 0 saturated carbocycles. The molecule has 1 aromatic heterocycles. The van der Waals surface area contributed by atoms with E-state index < -0.39 is 10.0 Å². The van der Waals surface area contributed by atoms with E-state index in [0.29, 0.717) is 37.4 Å². The molecule has 8 heteroatoms. The van der Waals surface area contributed by atoms with E-state index >= 15 is 0 Å². The molecular formula is C24H26N2O4S2. The van der Waals surface area contributed by atoms with E-state index in [1.54, 1.807) is 53.7 Å². The number of hydrogen-bond acceptors (Lipinski definition) is 5. The molecular weight excluding hydrogens is 444 g/mol. The molecule has 168 valence electrons. The second-order valence-corrected chi connectivity index (χ2v) is 10.7. The van der Waals surface area contributed by atoms with E-state index in [1.807, 2.05) is 41.8 Å². The Balaban J connectivity index is 1.49. The number of benzene rings is 2. The maximum absolute atomic E-state index is 13.5. The molecule has 0 aliphatic carbocycles. The Hall–Kier alpha value is -2.68. The minimum absolute atomic E-state index is 0.0281. The third-order valence-electron chi connectivity index (χ3n) is 5.73. The fraction of sp³-hybridized carbons (Fsp3) is 0.292. The molecule has 1 saturated heterocycles. The van der Waals surface area contributed by atoms with Crippen LogP contribution >= 0.6 is 11.3 Å². The Morgan fingerprint density at radius 3 is 2.31 bits per heavy atom. The second-order valence-electron chi connectivity index (χ2n) is 7.69. The van der Waals surface area contributed by atoms with Gasteiger partial charge in [0.1, 0.15) is 5.75 Å². The molecule has 6 nitrogen and oxygen atoms in total. The topological polar surface area (TPSA) is 66.9 Å². The summed E-state index contributed by atoms with van der Waals surface area (Å²) in [5.74, 6) is 0.538. The van der Waals surface area contributed by atoms with E-state index in [-0.39, 0.29) is 11.8 Å². The standard InChI is InChI=1S/C24H26N2O4S2/c1-30-21-11-9-20(10-12-21)26(18-22-6-5-17-31-22)24(27)19-13-15-25(16-14-19)32(28,29)23-7-3-2-4-8-23/h2-12,17,19H,13-16,18H2,1H3. The molecule has 1 aliphatic heterocycles. The zero-order valence-corrected chi connectivity index (χ0v) is 19.5. The van der Waals surface area contributed by atoms with Gasteiger partial charge in [-0.05, 0) is 60.7 Å². The maximum Gasteiger partial charge on any atom is 0.243 e. The number of sulfonamides is 1. The monoisotopic (exact) mass is 470 g/mol. The quantitative estimate of drug-likeness (QED) is 0.514. The van der Waals surface area contributed by atoms with Gasteiger partial charge in [0.25, 0.3) is 0 Å². The number of thiophene rings is 1. The minimum Gasteiger partial charge on any atom is -0.497 e. The highest BCUT2D eigenvalue weighted by Crippen LogP contribution is 2.29. The lowest BCUT2D eigenvalue weighted by Gasteiger charge is -2.33. The van der Waals surface area contributed by atoms with Crippen LogP contribution in [0.15, 0.2) is 77.0 Å². The van der Waals surface area contributed by atoms with E-state index in [2.05, 4.69) is 0 Å². The van der Waals surface area contributed by atoms with Crippen molar-refractivity contribution in [2.45, 2.75) is 24.3 Å². The molecule has 0 unspecified atom stereocenters. The highest BCUT2D eigenvalue weighted by molar-refractivity contribution is 7.89. The van der Waals surface area contributed by atoms with Gasteiger partial charge in [-0.1, -0.05) is 24.3 Å². The number of carbonyl (C=O) groups excluding carboxylic acids is 1. The van der Waals surface area contributed by atoms with Crippen molar-refractivity contribution >= 4 is 33.0 Å². The number of carbonyl (C=O) groups is 1. The average Bonchev–Trinajstić information content (AvgIpc) is 3.36. The number of anilines is 1. The van der Waals surface area contributed by atoms with Crippen LogP contribution in [0.25, 0.3) is 0 Å². The Kier molecular flexibility index (Phi) is 6.93. The zero-order valence-electron chi connectivity index (χ0n) is 17.9. The Morgan fingerprint density at radius 2 is 1.72 bits per heavy atom. The van der Waals surface area contributed by atoms with Gasteiger partial charge in [0.15, 0.2) is 0 Å². The summed E-state index contributed by atoms with van der Waals surface area (Å²) >= 11 is 1.61. The largest absolute Gasteiger partial charge is 0.497 e. The lowest BCUT2D eigenvalue weighted by atomic mass is 9.96. The Bertz CT molecular complexity index is 1120. The Labute approximate surface area is 193 Å². The van der Waals surface area contributed by atoms with Crippen LogP contribution in [0, 0.1) is 5.92 Å². The number of methoxy groups -OCH3 is 1. The predicted molar refractivity (Wildman–Crippen MR) is 126 cm³/mol. The van der Waals surface area contributed by atoms with Crippen LogP contribution in [-0.4, -0.2) is 38.8 Å². The lowest BCUT2D eigenvalue weighted by Crippen LogP contribution is -2.44. The number of rotatable bonds is 7. The summed E-state index contributed by atoms with van der Waals surface area (Å²) in [4.78, 5) is 16.7. The van der Waals surface area contributed by atoms with Gasteiger partial charge in [0, 0.05) is 29.6 Å². The van der Waals surface area contributed by atoms with Crippen molar-refractivity contribution in [3.05, 3.63) is 77.0 Å². The molecule has 0 N–H and O–H groups in total. The van der Waals surface area contributed by atoms with Crippen LogP contribution in [-0.2, 0) is 21.4 Å². The molecule has 32 heavy (non-hydrogen) atoms. The van der Waals surface area contributed by atoms with Gasteiger partial charge in [0.2, 0.25) is 15.9 Å². The summed E-state index contributed by atoms with van der Waals surface area (Å²) in [6.07, 6.45) is 1.00. The van der Waals surface area contributed by atoms with Gasteiger partial charge in [-0.25, -0.2) is 8.42 Å². The van der Waals surface area contributed by atoms with Gasteiger partial charge >= 0.3 is 0 Å². The highest BCUT2D eigenvalue weighted by atomic mass is 32.2. The van der Waals surface area contributed by atoms with Crippen LogP contribution in [0.1, 0.15) is 17.7 Å². The fourth-order valence-electron chi connectivity index (χ4n) is 3.92. The average molecular weight is 471 g/mol. The van der Waals surface area contributed by atoms with E-state index in [9.17, 15) is 13.2 Å². The van der Waals surface area contributed by atoms with Gasteiger partial charge in [-0.2, -0.15) is 4.31 Å². The first kappa shape index (κ1) is 22.5. The van der Waals surface area contributed by atoms with Crippen LogP contribution in [0.4, 0.5) is 5.69 Å². The number of hydrogen-bond donors (Lipinski definition) is 0. The third kappa shape index (κ3) is 4.87. The number of ether oxygens (including phenoxy) is 1. The number of nitrogens with zero attached hydrogens (tertiary/aromatic N) is 2. The summed E-state index contributed by atoms with van der Waals surface area (Å²) in [5.41, 5.74) is 0.809. The summed E-state index contributed by atoms with van der Waals surface area (Å²) < 4.78 is 32.6. The van der Waals surface area contributed by atoms with E-state index in [4.69, 9.17) is 4.74 Å². The van der Waals surface area contributed by atoms with Crippen LogP contribution in [0.3, 0.4) is 0 Å². The fourth-order valence-corrected chi connectivity index (χ4v) is 6.11. The summed E-state index contributed by atoms with van der Waals surface area (Å²) in [5, 5.41) is 2.00. The van der Waals surface area contributed by atoms with Gasteiger partial charge in [0.05, 0.1) is 18.6 Å². The molecule has 0 radical (unpaired) electrons. The third-order valence-corrected chi connectivity index (χ3v) is 8.50. The van der Waals surface area contributed by atoms with Crippen LogP contribution < -0.4 is 9.64 Å². The minimum atomic E-state index is -3.54. The zero-order chi connectivity index (χ0) is 22.6. The van der Waals surface area contributed by atoms with Crippen molar-refractivity contribution in [1.82, 2.24) is 4.31 Å². The first-order valence-electron chi connectivity index (χ1n) is 10.5. The van der Waals surface area contributed by atoms with Crippen molar-refractivity contribution in [3.8, 4) is 5.75 Å². The van der Waals surface area contributed by atoms with Crippen molar-refractivity contribution in [3.63, 3.8) is 0 Å². The molecule has 2 aromatic carbocycles. The highest BCUT2D eigenvalue weighted by Gasteiger charge is 2.34. The summed E-state index contributed by atoms with van der Waals surface area (Å²) in [6, 6.07) is 19.9. The molecule has 0 bridgehead atoms. The first-order chi connectivity index (χ1) is 15.5. The van der Waals surface area contributed by atoms with E-state index in [1.165, 1.54) is 4.31 Å². The smallest absolute Gasteiger partial charge is 0.243 e. The van der Waals surface area contributed by atoms with Gasteiger partial charge in [-0.3, -0.25) is 4.79 Å². The number of amides is 1. The van der Waals surface area contributed by atoms with Crippen molar-refractivity contribution in [2.24, 2.45) is 5.92 Å². The molecule has 2 heterocycles. The molecule has 1 amide bonds. The van der Waals surface area contributed by atoms with Crippen molar-refractivity contribution in [1.29, 1.82) is 0 Å².